The van der Waals surface area contributed by atoms with Crippen molar-refractivity contribution in [3.8, 4) is 5.75 Å². The van der Waals surface area contributed by atoms with E-state index >= 15 is 0 Å². The molecule has 0 aliphatic rings. The number of hydrogen-bond donors (Lipinski definition) is 0. The maximum absolute atomic E-state index is 5.28. The first-order valence-electron chi connectivity index (χ1n) is 7.25. The van der Waals surface area contributed by atoms with Gasteiger partial charge in [0.25, 0.3) is 0 Å². The monoisotopic (exact) mass is 293 g/mol. The average molecular weight is 293 g/mol. The van der Waals surface area contributed by atoms with Crippen molar-refractivity contribution in [2.75, 3.05) is 19.1 Å². The van der Waals surface area contributed by atoms with Crippen LogP contribution in [0.3, 0.4) is 0 Å². The van der Waals surface area contributed by atoms with Gasteiger partial charge < -0.3 is 9.64 Å². The van der Waals surface area contributed by atoms with Crippen LogP contribution in [0.25, 0.3) is 11.0 Å². The first kappa shape index (κ1) is 14.3. The van der Waals surface area contributed by atoms with Crippen molar-refractivity contribution in [3.05, 3.63) is 59.8 Å². The number of para-hydroxylation sites is 2. The lowest BCUT2D eigenvalue weighted by molar-refractivity contribution is 0.414. The van der Waals surface area contributed by atoms with E-state index in [4.69, 9.17) is 9.72 Å². The predicted molar refractivity (Wildman–Crippen MR) is 89.4 cm³/mol. The molecule has 0 aliphatic carbocycles. The summed E-state index contributed by atoms with van der Waals surface area (Å²) in [5, 5.41) is 0. The number of methoxy groups -OCH3 is 1. The highest BCUT2D eigenvalue weighted by molar-refractivity contribution is 5.76. The van der Waals surface area contributed by atoms with Gasteiger partial charge in [-0.25, -0.2) is 9.97 Å². The minimum absolute atomic E-state index is 0.755. The second kappa shape index (κ2) is 6.02. The van der Waals surface area contributed by atoms with E-state index in [1.165, 1.54) is 5.56 Å². The Balaban J connectivity index is 1.91. The molecular formula is C18H19N3O. The van der Waals surface area contributed by atoms with Crippen molar-refractivity contribution in [2.45, 2.75) is 13.5 Å². The van der Waals surface area contributed by atoms with Gasteiger partial charge in [0.05, 0.1) is 23.8 Å². The minimum Gasteiger partial charge on any atom is -0.497 e. The highest BCUT2D eigenvalue weighted by Crippen LogP contribution is 2.21. The number of benzene rings is 2. The average Bonchev–Trinajstić information content (AvgIpc) is 2.54. The van der Waals surface area contributed by atoms with Crippen molar-refractivity contribution in [2.24, 2.45) is 0 Å². The number of fused-ring (bicyclic) bond motifs is 1. The Labute approximate surface area is 130 Å². The third-order valence-corrected chi connectivity index (χ3v) is 3.64. The van der Waals surface area contributed by atoms with Crippen molar-refractivity contribution in [1.29, 1.82) is 0 Å². The fraction of sp³-hybridized carbons (Fsp3) is 0.222. The number of rotatable bonds is 4. The number of anilines is 1. The zero-order valence-electron chi connectivity index (χ0n) is 13.1. The van der Waals surface area contributed by atoms with Crippen LogP contribution in [0.2, 0.25) is 0 Å². The highest BCUT2D eigenvalue weighted by atomic mass is 16.5. The molecule has 112 valence electrons. The van der Waals surface area contributed by atoms with Crippen molar-refractivity contribution >= 4 is 16.9 Å². The van der Waals surface area contributed by atoms with E-state index in [2.05, 4.69) is 16.0 Å². The van der Waals surface area contributed by atoms with Gasteiger partial charge in [0.2, 0.25) is 0 Å². The molecule has 0 fully saturated rings. The summed E-state index contributed by atoms with van der Waals surface area (Å²) in [6.45, 7) is 2.75. The van der Waals surface area contributed by atoms with Gasteiger partial charge in [-0.1, -0.05) is 24.3 Å². The fourth-order valence-corrected chi connectivity index (χ4v) is 2.56. The second-order valence-corrected chi connectivity index (χ2v) is 5.33. The molecule has 0 N–H and O–H groups in total. The largest absolute Gasteiger partial charge is 0.497 e. The van der Waals surface area contributed by atoms with Crippen LogP contribution in [-0.2, 0) is 6.54 Å². The molecule has 1 aromatic heterocycles. The van der Waals surface area contributed by atoms with Crippen molar-refractivity contribution in [1.82, 2.24) is 9.97 Å². The number of hydrogen-bond acceptors (Lipinski definition) is 4. The Morgan fingerprint density at radius 1 is 1.00 bits per heavy atom. The molecule has 3 rings (SSSR count). The molecule has 2 aromatic carbocycles. The molecule has 4 heteroatoms. The molecule has 22 heavy (non-hydrogen) atoms. The van der Waals surface area contributed by atoms with E-state index in [0.29, 0.717) is 0 Å². The van der Waals surface area contributed by atoms with Gasteiger partial charge in [0.1, 0.15) is 5.75 Å². The summed E-state index contributed by atoms with van der Waals surface area (Å²) in [6, 6.07) is 16.0. The number of aromatic nitrogens is 2. The smallest absolute Gasteiger partial charge is 0.150 e. The lowest BCUT2D eigenvalue weighted by atomic mass is 10.2. The van der Waals surface area contributed by atoms with E-state index in [1.807, 2.05) is 56.4 Å². The first-order valence-corrected chi connectivity index (χ1v) is 7.25. The molecular weight excluding hydrogens is 274 g/mol. The molecule has 0 saturated heterocycles. The summed E-state index contributed by atoms with van der Waals surface area (Å²) in [4.78, 5) is 11.5. The van der Waals surface area contributed by atoms with Crippen LogP contribution in [0.4, 0.5) is 5.82 Å². The van der Waals surface area contributed by atoms with Crippen LogP contribution in [0.15, 0.2) is 48.5 Å². The number of ether oxygens (including phenoxy) is 1. The Hall–Kier alpha value is -2.62. The van der Waals surface area contributed by atoms with Crippen molar-refractivity contribution in [3.63, 3.8) is 0 Å². The summed E-state index contributed by atoms with van der Waals surface area (Å²) in [5.74, 6) is 1.77. The summed E-state index contributed by atoms with van der Waals surface area (Å²) in [5.41, 5.74) is 3.96. The normalized spacial score (nSPS) is 10.7. The van der Waals surface area contributed by atoms with Crippen LogP contribution in [0.1, 0.15) is 11.3 Å². The van der Waals surface area contributed by atoms with Gasteiger partial charge in [-0.05, 0) is 36.8 Å². The Morgan fingerprint density at radius 2 is 1.73 bits per heavy atom. The van der Waals surface area contributed by atoms with Crippen LogP contribution in [0.5, 0.6) is 5.75 Å². The second-order valence-electron chi connectivity index (χ2n) is 5.33. The molecule has 0 saturated carbocycles. The Morgan fingerprint density at radius 3 is 2.45 bits per heavy atom. The maximum atomic E-state index is 5.28. The van der Waals surface area contributed by atoms with Crippen LogP contribution in [-0.4, -0.2) is 24.1 Å². The SMILES string of the molecule is COc1cccc(CN(C)c2nc3ccccc3nc2C)c1. The maximum Gasteiger partial charge on any atom is 0.150 e. The molecule has 4 nitrogen and oxygen atoms in total. The third kappa shape index (κ3) is 2.86. The predicted octanol–water partition coefficient (Wildman–Crippen LogP) is 3.58. The van der Waals surface area contributed by atoms with Gasteiger partial charge in [-0.3, -0.25) is 0 Å². The van der Waals surface area contributed by atoms with Crippen LogP contribution in [0, 0.1) is 6.92 Å². The van der Waals surface area contributed by atoms with Gasteiger partial charge in [-0.2, -0.15) is 0 Å². The third-order valence-electron chi connectivity index (χ3n) is 3.64. The van der Waals surface area contributed by atoms with E-state index in [0.717, 1.165) is 34.8 Å². The number of nitrogens with zero attached hydrogens (tertiary/aromatic N) is 3. The summed E-state index contributed by atoms with van der Waals surface area (Å²) in [7, 11) is 3.72. The summed E-state index contributed by atoms with van der Waals surface area (Å²) in [6.07, 6.45) is 0. The highest BCUT2D eigenvalue weighted by Gasteiger charge is 2.10. The molecule has 0 bridgehead atoms. The summed E-state index contributed by atoms with van der Waals surface area (Å²) < 4.78 is 5.28. The molecule has 0 unspecified atom stereocenters. The van der Waals surface area contributed by atoms with E-state index < -0.39 is 0 Å². The van der Waals surface area contributed by atoms with Crippen molar-refractivity contribution < 1.29 is 4.74 Å². The molecule has 1 heterocycles. The van der Waals surface area contributed by atoms with Gasteiger partial charge in [-0.15, -0.1) is 0 Å². The molecule has 0 aliphatic heterocycles. The lowest BCUT2D eigenvalue weighted by Crippen LogP contribution is -2.19. The lowest BCUT2D eigenvalue weighted by Gasteiger charge is -2.20. The van der Waals surface area contributed by atoms with E-state index in [9.17, 15) is 0 Å². The first-order chi connectivity index (χ1) is 10.7. The van der Waals surface area contributed by atoms with Gasteiger partial charge in [0, 0.05) is 13.6 Å². The van der Waals surface area contributed by atoms with Gasteiger partial charge >= 0.3 is 0 Å². The minimum atomic E-state index is 0.755. The quantitative estimate of drug-likeness (QED) is 0.737. The molecule has 0 spiro atoms. The van der Waals surface area contributed by atoms with Crippen LogP contribution >= 0.6 is 0 Å². The Bertz CT molecular complexity index is 801. The van der Waals surface area contributed by atoms with Crippen LogP contribution < -0.4 is 9.64 Å². The number of aryl methyl sites for hydroxylation is 1. The Kier molecular flexibility index (Phi) is 3.92. The molecule has 0 radical (unpaired) electrons. The zero-order chi connectivity index (χ0) is 15.5. The van der Waals surface area contributed by atoms with Gasteiger partial charge in [0.15, 0.2) is 5.82 Å². The van der Waals surface area contributed by atoms with E-state index in [1.54, 1.807) is 7.11 Å². The molecule has 3 aromatic rings. The molecule has 0 atom stereocenters. The standard InChI is InChI=1S/C18H19N3O/c1-13-18(20-17-10-5-4-9-16(17)19-13)21(2)12-14-7-6-8-15(11-14)22-3/h4-11H,12H2,1-3H3. The topological polar surface area (TPSA) is 38.2 Å². The molecule has 0 amide bonds. The summed E-state index contributed by atoms with van der Waals surface area (Å²) >= 11 is 0. The van der Waals surface area contributed by atoms with E-state index in [-0.39, 0.29) is 0 Å². The fourth-order valence-electron chi connectivity index (χ4n) is 2.56. The zero-order valence-corrected chi connectivity index (χ0v) is 13.1.